The highest BCUT2D eigenvalue weighted by Crippen LogP contribution is 2.32. The van der Waals surface area contributed by atoms with Gasteiger partial charge in [0.05, 0.1) is 5.52 Å². The summed E-state index contributed by atoms with van der Waals surface area (Å²) < 4.78 is 0. The SMILES string of the molecule is CC(C)(C)N1CCC(c2ccc(Nc3ccnc4cc(Cl)ccc34)cc2)CC1. The minimum absolute atomic E-state index is 0.274. The molecule has 0 radical (unpaired) electrons. The van der Waals surface area contributed by atoms with Gasteiger partial charge in [-0.2, -0.15) is 0 Å². The summed E-state index contributed by atoms with van der Waals surface area (Å²) in [5.41, 5.74) is 4.77. The molecule has 1 fully saturated rings. The number of likely N-dealkylation sites (tertiary alicyclic amines) is 1. The first-order valence-electron chi connectivity index (χ1n) is 10.1. The second-order valence-corrected chi connectivity index (χ2v) is 9.14. The zero-order chi connectivity index (χ0) is 19.7. The molecule has 2 heterocycles. The molecule has 0 bridgehead atoms. The normalized spacial score (nSPS) is 16.4. The fourth-order valence-electron chi connectivity index (χ4n) is 4.11. The lowest BCUT2D eigenvalue weighted by atomic mass is 9.87. The lowest BCUT2D eigenvalue weighted by molar-refractivity contribution is 0.102. The Kier molecular flexibility index (Phi) is 5.31. The van der Waals surface area contributed by atoms with Gasteiger partial charge in [-0.1, -0.05) is 23.7 Å². The van der Waals surface area contributed by atoms with Crippen LogP contribution in [0, 0.1) is 0 Å². The van der Waals surface area contributed by atoms with E-state index < -0.39 is 0 Å². The minimum Gasteiger partial charge on any atom is -0.355 e. The van der Waals surface area contributed by atoms with Crippen molar-refractivity contribution in [3.05, 3.63) is 65.3 Å². The van der Waals surface area contributed by atoms with Crippen LogP contribution in [-0.4, -0.2) is 28.5 Å². The van der Waals surface area contributed by atoms with E-state index in [-0.39, 0.29) is 5.54 Å². The summed E-state index contributed by atoms with van der Waals surface area (Å²) in [7, 11) is 0. The number of anilines is 2. The van der Waals surface area contributed by atoms with E-state index in [1.54, 1.807) is 0 Å². The van der Waals surface area contributed by atoms with Gasteiger partial charge in [0.25, 0.3) is 0 Å². The Bertz CT molecular complexity index is 952. The molecule has 0 unspecified atom stereocenters. The molecule has 28 heavy (non-hydrogen) atoms. The molecule has 0 spiro atoms. The highest BCUT2D eigenvalue weighted by atomic mass is 35.5. The van der Waals surface area contributed by atoms with Crippen LogP contribution in [0.2, 0.25) is 5.02 Å². The van der Waals surface area contributed by atoms with E-state index in [1.165, 1.54) is 31.5 Å². The Morgan fingerprint density at radius 1 is 1.00 bits per heavy atom. The van der Waals surface area contributed by atoms with Gasteiger partial charge in [0, 0.05) is 33.5 Å². The third-order valence-corrected chi connectivity index (χ3v) is 6.04. The first-order valence-corrected chi connectivity index (χ1v) is 10.4. The summed E-state index contributed by atoms with van der Waals surface area (Å²) in [5, 5.41) is 5.31. The monoisotopic (exact) mass is 393 g/mol. The molecule has 1 N–H and O–H groups in total. The van der Waals surface area contributed by atoms with Gasteiger partial charge in [0.2, 0.25) is 0 Å². The van der Waals surface area contributed by atoms with Crippen molar-refractivity contribution < 1.29 is 0 Å². The predicted octanol–water partition coefficient (Wildman–Crippen LogP) is 6.61. The van der Waals surface area contributed by atoms with E-state index >= 15 is 0 Å². The molecule has 146 valence electrons. The van der Waals surface area contributed by atoms with E-state index in [4.69, 9.17) is 11.6 Å². The minimum atomic E-state index is 0.274. The number of rotatable bonds is 3. The molecule has 3 nitrogen and oxygen atoms in total. The first kappa shape index (κ1) is 19.2. The van der Waals surface area contributed by atoms with Crippen LogP contribution in [0.4, 0.5) is 11.4 Å². The smallest absolute Gasteiger partial charge is 0.0737 e. The number of hydrogen-bond donors (Lipinski definition) is 1. The molecule has 1 aliphatic rings. The molecule has 0 aliphatic carbocycles. The van der Waals surface area contributed by atoms with Gasteiger partial charge in [0.15, 0.2) is 0 Å². The van der Waals surface area contributed by atoms with Crippen molar-refractivity contribution in [1.29, 1.82) is 0 Å². The highest BCUT2D eigenvalue weighted by molar-refractivity contribution is 6.31. The number of hydrogen-bond acceptors (Lipinski definition) is 3. The van der Waals surface area contributed by atoms with E-state index in [0.717, 1.165) is 22.3 Å². The molecule has 0 atom stereocenters. The lowest BCUT2D eigenvalue weighted by Gasteiger charge is -2.41. The number of pyridine rings is 1. The molecule has 3 aromatic rings. The van der Waals surface area contributed by atoms with Gasteiger partial charge in [0.1, 0.15) is 0 Å². The number of halogens is 1. The Morgan fingerprint density at radius 2 is 1.71 bits per heavy atom. The molecule has 0 amide bonds. The predicted molar refractivity (Wildman–Crippen MR) is 120 cm³/mol. The van der Waals surface area contributed by atoms with Crippen molar-refractivity contribution in [1.82, 2.24) is 9.88 Å². The van der Waals surface area contributed by atoms with E-state index in [1.807, 2.05) is 30.5 Å². The maximum absolute atomic E-state index is 6.09. The third-order valence-electron chi connectivity index (χ3n) is 5.81. The summed E-state index contributed by atoms with van der Waals surface area (Å²) in [6.45, 7) is 9.29. The van der Waals surface area contributed by atoms with Crippen molar-refractivity contribution in [2.45, 2.75) is 45.1 Å². The van der Waals surface area contributed by atoms with E-state index in [0.29, 0.717) is 10.9 Å². The molecular weight excluding hydrogens is 366 g/mol. The Morgan fingerprint density at radius 3 is 2.39 bits per heavy atom. The molecule has 1 aromatic heterocycles. The average Bonchev–Trinajstić information content (AvgIpc) is 2.68. The maximum atomic E-state index is 6.09. The fourth-order valence-corrected chi connectivity index (χ4v) is 4.27. The summed E-state index contributed by atoms with van der Waals surface area (Å²) in [6.07, 6.45) is 4.29. The number of piperidine rings is 1. The number of nitrogens with zero attached hydrogens (tertiary/aromatic N) is 2. The van der Waals surface area contributed by atoms with Crippen molar-refractivity contribution in [2.75, 3.05) is 18.4 Å². The molecule has 4 heteroatoms. The second-order valence-electron chi connectivity index (χ2n) is 8.70. The summed E-state index contributed by atoms with van der Waals surface area (Å²) in [6, 6.07) is 16.8. The molecule has 1 saturated heterocycles. The van der Waals surface area contributed by atoms with Gasteiger partial charge in [-0.05, 0) is 94.6 Å². The highest BCUT2D eigenvalue weighted by Gasteiger charge is 2.27. The Balaban J connectivity index is 1.46. The zero-order valence-electron chi connectivity index (χ0n) is 16.9. The number of fused-ring (bicyclic) bond motifs is 1. The van der Waals surface area contributed by atoms with Gasteiger partial charge >= 0.3 is 0 Å². The van der Waals surface area contributed by atoms with Crippen LogP contribution < -0.4 is 5.32 Å². The van der Waals surface area contributed by atoms with Gasteiger partial charge in [-0.3, -0.25) is 9.88 Å². The molecule has 1 aliphatic heterocycles. The average molecular weight is 394 g/mol. The van der Waals surface area contributed by atoms with Gasteiger partial charge < -0.3 is 5.32 Å². The quantitative estimate of drug-likeness (QED) is 0.542. The molecule has 4 rings (SSSR count). The third kappa shape index (κ3) is 4.16. The van der Waals surface area contributed by atoms with Gasteiger partial charge in [-0.15, -0.1) is 0 Å². The van der Waals surface area contributed by atoms with Crippen molar-refractivity contribution in [3.63, 3.8) is 0 Å². The van der Waals surface area contributed by atoms with Crippen LogP contribution in [-0.2, 0) is 0 Å². The van der Waals surface area contributed by atoms with E-state index in [9.17, 15) is 0 Å². The van der Waals surface area contributed by atoms with Crippen LogP contribution in [0.15, 0.2) is 54.7 Å². The number of nitrogens with one attached hydrogen (secondary N) is 1. The fraction of sp³-hybridized carbons (Fsp3) is 0.375. The van der Waals surface area contributed by atoms with Crippen LogP contribution >= 0.6 is 11.6 Å². The number of aromatic nitrogens is 1. The number of benzene rings is 2. The molecule has 2 aromatic carbocycles. The molecular formula is C24H28ClN3. The van der Waals surface area contributed by atoms with Crippen molar-refractivity contribution in [2.24, 2.45) is 0 Å². The first-order chi connectivity index (χ1) is 13.4. The van der Waals surface area contributed by atoms with E-state index in [2.05, 4.69) is 60.2 Å². The van der Waals surface area contributed by atoms with Crippen LogP contribution in [0.1, 0.15) is 45.1 Å². The van der Waals surface area contributed by atoms with Crippen LogP contribution in [0.5, 0.6) is 0 Å². The summed E-state index contributed by atoms with van der Waals surface area (Å²) in [5.74, 6) is 0.663. The van der Waals surface area contributed by atoms with Crippen LogP contribution in [0.25, 0.3) is 10.9 Å². The van der Waals surface area contributed by atoms with Gasteiger partial charge in [-0.25, -0.2) is 0 Å². The zero-order valence-corrected chi connectivity index (χ0v) is 17.6. The summed E-state index contributed by atoms with van der Waals surface area (Å²) >= 11 is 6.09. The lowest BCUT2D eigenvalue weighted by Crippen LogP contribution is -2.45. The Labute approximate surface area is 172 Å². The Hall–Kier alpha value is -2.10. The van der Waals surface area contributed by atoms with Crippen molar-refractivity contribution >= 4 is 33.9 Å². The second kappa shape index (κ2) is 7.73. The maximum Gasteiger partial charge on any atom is 0.0737 e. The topological polar surface area (TPSA) is 28.2 Å². The molecule has 0 saturated carbocycles. The summed E-state index contributed by atoms with van der Waals surface area (Å²) in [4.78, 5) is 7.01. The largest absolute Gasteiger partial charge is 0.355 e. The van der Waals surface area contributed by atoms with Crippen LogP contribution in [0.3, 0.4) is 0 Å². The standard InChI is InChI=1S/C24H28ClN3/c1-24(2,3)28-14-11-18(12-15-28)17-4-7-20(8-5-17)27-22-10-13-26-23-16-19(25)6-9-21(22)23/h4-10,13,16,18H,11-12,14-15H2,1-3H3,(H,26,27). The van der Waals surface area contributed by atoms with Crippen molar-refractivity contribution in [3.8, 4) is 0 Å².